The lowest BCUT2D eigenvalue weighted by atomic mass is 9.95. The van der Waals surface area contributed by atoms with Crippen molar-refractivity contribution in [2.24, 2.45) is 0 Å². The van der Waals surface area contributed by atoms with Gasteiger partial charge in [-0.25, -0.2) is 13.9 Å². The van der Waals surface area contributed by atoms with Gasteiger partial charge in [-0.2, -0.15) is 4.98 Å². The van der Waals surface area contributed by atoms with Crippen molar-refractivity contribution in [3.05, 3.63) is 77.2 Å². The summed E-state index contributed by atoms with van der Waals surface area (Å²) in [6, 6.07) is 15.1. The monoisotopic (exact) mass is 378 g/mol. The lowest BCUT2D eigenvalue weighted by molar-refractivity contribution is -0.139. The van der Waals surface area contributed by atoms with Crippen molar-refractivity contribution in [3.63, 3.8) is 0 Å². The normalized spacial score (nSPS) is 15.8. The highest BCUT2D eigenvalue weighted by atomic mass is 19.1. The van der Waals surface area contributed by atoms with E-state index in [0.717, 1.165) is 5.56 Å². The van der Waals surface area contributed by atoms with Crippen molar-refractivity contribution < 1.29 is 13.9 Å². The average molecular weight is 378 g/mol. The smallest absolute Gasteiger partial charge is 0.338 e. The fourth-order valence-electron chi connectivity index (χ4n) is 3.32. The molecule has 7 heteroatoms. The number of nitrogens with zero attached hydrogens (tertiary/aromatic N) is 3. The van der Waals surface area contributed by atoms with Crippen LogP contribution in [0.2, 0.25) is 0 Å². The summed E-state index contributed by atoms with van der Waals surface area (Å²) in [6.07, 6.45) is 0. The molecule has 1 aliphatic rings. The van der Waals surface area contributed by atoms with Crippen molar-refractivity contribution in [2.45, 2.75) is 19.9 Å². The number of carbonyl (C=O) groups excluding carboxylic acids is 1. The molecule has 1 atom stereocenters. The molecule has 0 fully saturated rings. The maximum absolute atomic E-state index is 14.7. The Hall–Kier alpha value is -3.48. The summed E-state index contributed by atoms with van der Waals surface area (Å²) in [6.45, 7) is 3.70. The third-order valence-electron chi connectivity index (χ3n) is 4.58. The lowest BCUT2D eigenvalue weighted by Crippen LogP contribution is -2.30. The summed E-state index contributed by atoms with van der Waals surface area (Å²) in [5, 5.41) is 7.69. The van der Waals surface area contributed by atoms with Crippen molar-refractivity contribution in [2.75, 3.05) is 11.9 Å². The van der Waals surface area contributed by atoms with Gasteiger partial charge in [0.15, 0.2) is 5.82 Å². The van der Waals surface area contributed by atoms with Crippen LogP contribution in [-0.4, -0.2) is 27.3 Å². The molecule has 0 aliphatic carbocycles. The van der Waals surface area contributed by atoms with Crippen molar-refractivity contribution in [1.82, 2.24) is 14.8 Å². The predicted octanol–water partition coefficient (Wildman–Crippen LogP) is 3.94. The van der Waals surface area contributed by atoms with E-state index in [-0.39, 0.29) is 6.61 Å². The first-order chi connectivity index (χ1) is 13.6. The van der Waals surface area contributed by atoms with Crippen LogP contribution in [0.5, 0.6) is 0 Å². The molecule has 0 saturated carbocycles. The van der Waals surface area contributed by atoms with Gasteiger partial charge in [0.1, 0.15) is 11.9 Å². The Morgan fingerprint density at radius 1 is 1.18 bits per heavy atom. The van der Waals surface area contributed by atoms with Gasteiger partial charge in [0.05, 0.1) is 12.2 Å². The zero-order valence-corrected chi connectivity index (χ0v) is 15.5. The van der Waals surface area contributed by atoms with Crippen molar-refractivity contribution >= 4 is 11.9 Å². The van der Waals surface area contributed by atoms with Crippen LogP contribution >= 0.6 is 0 Å². The Kier molecular flexibility index (Phi) is 4.65. The maximum atomic E-state index is 14.7. The maximum Gasteiger partial charge on any atom is 0.338 e. The summed E-state index contributed by atoms with van der Waals surface area (Å²) < 4.78 is 21.5. The van der Waals surface area contributed by atoms with Crippen LogP contribution in [0.15, 0.2) is 65.9 Å². The largest absolute Gasteiger partial charge is 0.463 e. The lowest BCUT2D eigenvalue weighted by Gasteiger charge is -2.28. The second-order valence-electron chi connectivity index (χ2n) is 6.38. The molecule has 3 aromatic rings. The van der Waals surface area contributed by atoms with Gasteiger partial charge in [-0.05, 0) is 19.9 Å². The van der Waals surface area contributed by atoms with Crippen molar-refractivity contribution in [3.8, 4) is 11.4 Å². The number of fused-ring (bicyclic) bond motifs is 1. The number of halogens is 1. The topological polar surface area (TPSA) is 69.0 Å². The van der Waals surface area contributed by atoms with Crippen molar-refractivity contribution in [1.29, 1.82) is 0 Å². The molecule has 6 nitrogen and oxygen atoms in total. The molecule has 1 N–H and O–H groups in total. The Labute approximate surface area is 161 Å². The Balaban J connectivity index is 1.89. The number of esters is 1. The number of hydrogen-bond donors (Lipinski definition) is 1. The fraction of sp³-hybridized carbons (Fsp3) is 0.190. The first-order valence-corrected chi connectivity index (χ1v) is 9.01. The van der Waals surface area contributed by atoms with Crippen LogP contribution in [-0.2, 0) is 9.53 Å². The van der Waals surface area contributed by atoms with Crippen LogP contribution in [0.4, 0.5) is 10.3 Å². The highest BCUT2D eigenvalue weighted by Gasteiger charge is 2.36. The standard InChI is InChI=1S/C21H19FN4O2/c1-3-28-20(27)17-13(2)23-21-24-19(14-9-5-4-6-10-14)25-26(21)18(17)15-11-7-8-12-16(15)22/h4-12,18H,3H2,1-2H3,(H,23,24,25). The zero-order valence-electron chi connectivity index (χ0n) is 15.5. The van der Waals surface area contributed by atoms with E-state index in [1.54, 1.807) is 36.7 Å². The Morgan fingerprint density at radius 3 is 2.61 bits per heavy atom. The van der Waals surface area contributed by atoms with E-state index in [0.29, 0.717) is 28.6 Å². The molecule has 0 radical (unpaired) electrons. The molecule has 28 heavy (non-hydrogen) atoms. The van der Waals surface area contributed by atoms with Crippen LogP contribution in [0.3, 0.4) is 0 Å². The summed E-state index contributed by atoms with van der Waals surface area (Å²) in [5.74, 6) is -0.00474. The van der Waals surface area contributed by atoms with Crippen LogP contribution in [0, 0.1) is 5.82 Å². The number of aromatic nitrogens is 3. The third kappa shape index (κ3) is 3.05. The summed E-state index contributed by atoms with van der Waals surface area (Å²) in [7, 11) is 0. The number of allylic oxidation sites excluding steroid dienone is 1. The minimum atomic E-state index is -0.776. The molecule has 0 spiro atoms. The van der Waals surface area contributed by atoms with Gasteiger partial charge >= 0.3 is 5.97 Å². The van der Waals surface area contributed by atoms with E-state index in [9.17, 15) is 9.18 Å². The molecule has 1 unspecified atom stereocenters. The summed E-state index contributed by atoms with van der Waals surface area (Å²) in [5.41, 5.74) is 2.03. The first-order valence-electron chi connectivity index (χ1n) is 9.01. The molecule has 142 valence electrons. The summed E-state index contributed by atoms with van der Waals surface area (Å²) >= 11 is 0. The van der Waals surface area contributed by atoms with Gasteiger partial charge in [0.2, 0.25) is 5.95 Å². The minimum absolute atomic E-state index is 0.221. The average Bonchev–Trinajstić information content (AvgIpc) is 3.12. The number of benzene rings is 2. The van der Waals surface area contributed by atoms with Crippen LogP contribution < -0.4 is 5.32 Å². The fourth-order valence-corrected chi connectivity index (χ4v) is 3.32. The van der Waals surface area contributed by atoms with Crippen LogP contribution in [0.1, 0.15) is 25.5 Å². The number of carbonyl (C=O) groups is 1. The third-order valence-corrected chi connectivity index (χ3v) is 4.58. The molecule has 1 aliphatic heterocycles. The van der Waals surface area contributed by atoms with Gasteiger partial charge in [-0.1, -0.05) is 48.5 Å². The molecule has 4 rings (SSSR count). The van der Waals surface area contributed by atoms with Gasteiger partial charge < -0.3 is 10.1 Å². The van der Waals surface area contributed by atoms with E-state index < -0.39 is 17.8 Å². The molecule has 0 bridgehead atoms. The minimum Gasteiger partial charge on any atom is -0.463 e. The SMILES string of the molecule is CCOC(=O)C1=C(C)Nc2nc(-c3ccccc3)nn2C1c1ccccc1F. The van der Waals surface area contributed by atoms with E-state index in [2.05, 4.69) is 15.4 Å². The number of nitrogens with one attached hydrogen (secondary N) is 1. The van der Waals surface area contributed by atoms with E-state index in [1.165, 1.54) is 6.07 Å². The molecule has 2 heterocycles. The summed E-state index contributed by atoms with van der Waals surface area (Å²) in [4.78, 5) is 17.2. The quantitative estimate of drug-likeness (QED) is 0.697. The number of hydrogen-bond acceptors (Lipinski definition) is 5. The highest BCUT2D eigenvalue weighted by Crippen LogP contribution is 2.37. The number of anilines is 1. The van der Waals surface area contributed by atoms with E-state index >= 15 is 0 Å². The molecular formula is C21H19FN4O2. The Bertz CT molecular complexity index is 1060. The van der Waals surface area contributed by atoms with Gasteiger partial charge in [0.25, 0.3) is 0 Å². The van der Waals surface area contributed by atoms with Gasteiger partial charge in [-0.3, -0.25) is 0 Å². The Morgan fingerprint density at radius 2 is 1.89 bits per heavy atom. The zero-order chi connectivity index (χ0) is 19.7. The molecule has 1 aromatic heterocycles. The number of rotatable bonds is 4. The molecular weight excluding hydrogens is 359 g/mol. The van der Waals surface area contributed by atoms with Gasteiger partial charge in [-0.15, -0.1) is 5.10 Å². The second-order valence-corrected chi connectivity index (χ2v) is 6.38. The van der Waals surface area contributed by atoms with E-state index in [4.69, 9.17) is 4.74 Å². The second kappa shape index (κ2) is 7.26. The molecule has 0 amide bonds. The van der Waals surface area contributed by atoms with Gasteiger partial charge in [0, 0.05) is 16.8 Å². The first kappa shape index (κ1) is 17.9. The predicted molar refractivity (Wildman–Crippen MR) is 103 cm³/mol. The number of ether oxygens (including phenoxy) is 1. The van der Waals surface area contributed by atoms with Crippen LogP contribution in [0.25, 0.3) is 11.4 Å². The molecule has 0 saturated heterocycles. The highest BCUT2D eigenvalue weighted by molar-refractivity contribution is 5.92. The van der Waals surface area contributed by atoms with E-state index in [1.807, 2.05) is 30.3 Å². The molecule has 2 aromatic carbocycles.